The van der Waals surface area contributed by atoms with E-state index in [1.54, 1.807) is 36.4 Å². The van der Waals surface area contributed by atoms with Crippen LogP contribution in [0.15, 0.2) is 64.6 Å². The van der Waals surface area contributed by atoms with Crippen molar-refractivity contribution < 1.29 is 45.7 Å². The Morgan fingerprint density at radius 2 is 1.19 bits per heavy atom. The molecule has 5 rings (SSSR count). The number of aliphatic imine (C=N–C) groups is 2. The molecule has 0 amide bonds. The summed E-state index contributed by atoms with van der Waals surface area (Å²) < 4.78 is 16.5. The predicted molar refractivity (Wildman–Crippen MR) is 176 cm³/mol. The van der Waals surface area contributed by atoms with Crippen molar-refractivity contribution in [3.63, 3.8) is 0 Å². The monoisotopic (exact) mass is 684 g/mol. The van der Waals surface area contributed by atoms with Gasteiger partial charge in [-0.2, -0.15) is 0 Å². The number of hydrogen-bond acceptors (Lipinski definition) is 10. The fraction of sp³-hybridized carbons (Fsp3) is 0.417. The summed E-state index contributed by atoms with van der Waals surface area (Å²) in [6, 6.07) is 14.5. The second kappa shape index (κ2) is 18.4. The number of carbonyl (C=O) groups excluding carboxylic acids is 1. The molecule has 0 spiro atoms. The molecule has 2 aliphatic heterocycles. The van der Waals surface area contributed by atoms with E-state index in [1.807, 2.05) is 0 Å². The van der Waals surface area contributed by atoms with Gasteiger partial charge in [0, 0.05) is 25.5 Å². The number of carbonyl (C=O) groups is 1. The second-order valence-corrected chi connectivity index (χ2v) is 11.6. The molecule has 3 aromatic rings. The number of hydrogen-bond donors (Lipinski definition) is 0. The Balaban J connectivity index is 0.00000500. The third kappa shape index (κ3) is 10.8. The Hall–Kier alpha value is -3.92. The van der Waals surface area contributed by atoms with Gasteiger partial charge < -0.3 is 24.4 Å². The van der Waals surface area contributed by atoms with E-state index in [-0.39, 0.29) is 33.6 Å². The van der Waals surface area contributed by atoms with Crippen LogP contribution in [0.5, 0.6) is 23.0 Å². The van der Waals surface area contributed by atoms with E-state index in [2.05, 4.69) is 19.8 Å². The van der Waals surface area contributed by atoms with Crippen molar-refractivity contribution in [2.24, 2.45) is 9.98 Å². The van der Waals surface area contributed by atoms with E-state index in [1.165, 1.54) is 76.3 Å². The van der Waals surface area contributed by atoms with Gasteiger partial charge in [0.15, 0.2) is 0 Å². The Bertz CT molecular complexity index is 1520. The zero-order valence-corrected chi connectivity index (χ0v) is 27.8. The Labute approximate surface area is 287 Å². The van der Waals surface area contributed by atoms with Crippen LogP contribution in [0.25, 0.3) is 0 Å². The van der Waals surface area contributed by atoms with Gasteiger partial charge in [-0.15, -0.1) is 0 Å². The second-order valence-electron chi connectivity index (χ2n) is 11.6. The minimum Gasteiger partial charge on any atom is -0.872 e. The molecule has 11 heteroatoms. The summed E-state index contributed by atoms with van der Waals surface area (Å²) in [7, 11) is 1.30. The summed E-state index contributed by atoms with van der Waals surface area (Å²) >= 11 is 0. The number of esters is 1. The first-order chi connectivity index (χ1) is 22.5. The number of nitrogens with zero attached hydrogens (tertiary/aromatic N) is 4. The van der Waals surface area contributed by atoms with Gasteiger partial charge in [-0.05, 0) is 105 Å². The maximum atomic E-state index is 12.8. The Kier molecular flexibility index (Phi) is 14.1. The van der Waals surface area contributed by atoms with Crippen LogP contribution in [0, 0.1) is 0 Å². The summed E-state index contributed by atoms with van der Waals surface area (Å²) in [6.45, 7) is 7.09. The molecule has 0 radical (unpaired) electrons. The van der Waals surface area contributed by atoms with Crippen LogP contribution in [0.1, 0.15) is 60.0 Å². The van der Waals surface area contributed by atoms with Crippen molar-refractivity contribution in [2.75, 3.05) is 59.6 Å². The van der Waals surface area contributed by atoms with E-state index in [9.17, 15) is 15.0 Å². The zero-order chi connectivity index (χ0) is 32.1. The van der Waals surface area contributed by atoms with Crippen molar-refractivity contribution in [3.05, 3.63) is 71.3 Å². The molecule has 0 saturated carbocycles. The van der Waals surface area contributed by atoms with Crippen molar-refractivity contribution in [1.29, 1.82) is 0 Å². The van der Waals surface area contributed by atoms with Crippen LogP contribution in [-0.2, 0) is 21.2 Å². The molecule has 0 aromatic heterocycles. The number of piperidine rings is 2. The number of likely N-dealkylation sites (tertiary alicyclic amines) is 2. The predicted octanol–water partition coefficient (Wildman–Crippen LogP) is 4.85. The van der Waals surface area contributed by atoms with Crippen molar-refractivity contribution >= 4 is 29.8 Å². The number of rotatable bonds is 13. The Morgan fingerprint density at radius 1 is 0.702 bits per heavy atom. The minimum absolute atomic E-state index is 0. The van der Waals surface area contributed by atoms with Crippen molar-refractivity contribution in [3.8, 4) is 23.0 Å². The molecule has 0 aliphatic carbocycles. The maximum Gasteiger partial charge on any atom is 2.00 e. The molecule has 2 aliphatic rings. The van der Waals surface area contributed by atoms with Gasteiger partial charge >= 0.3 is 22.5 Å². The first kappa shape index (κ1) is 35.9. The molecule has 252 valence electrons. The summed E-state index contributed by atoms with van der Waals surface area (Å²) in [4.78, 5) is 26.0. The van der Waals surface area contributed by atoms with Crippen LogP contribution in [0.4, 0.5) is 11.4 Å². The van der Waals surface area contributed by atoms with Crippen molar-refractivity contribution in [1.82, 2.24) is 9.80 Å². The molecular formula is C36H42N4NiO6. The molecule has 0 unspecified atom stereocenters. The van der Waals surface area contributed by atoms with Crippen LogP contribution in [-0.4, -0.2) is 87.8 Å². The van der Waals surface area contributed by atoms with Crippen molar-refractivity contribution in [2.45, 2.75) is 38.5 Å². The van der Waals surface area contributed by atoms with E-state index in [0.717, 1.165) is 39.3 Å². The standard InChI is InChI=1S/C36H44N4O6.Ni/c1-44-36(43)27-10-13-32(37-25-28-8-11-30(23-34(28)41)45-20-18-39-14-4-2-5-15-39)33(22-27)38-26-29-9-12-31(24-35(29)42)46-21-19-40-16-6-3-7-17-40;/h8-13,22-26,41-42H,2-7,14-21H2,1H3;/q;+2/p-2. The molecule has 2 fully saturated rings. The Morgan fingerprint density at radius 3 is 1.66 bits per heavy atom. The van der Waals surface area contributed by atoms with Crippen LogP contribution < -0.4 is 19.7 Å². The van der Waals surface area contributed by atoms with Gasteiger partial charge in [0.05, 0.1) is 24.0 Å². The molecule has 3 aromatic carbocycles. The van der Waals surface area contributed by atoms with E-state index in [0.29, 0.717) is 47.2 Å². The number of benzene rings is 3. The molecule has 0 N–H and O–H groups in total. The third-order valence-corrected chi connectivity index (χ3v) is 8.30. The summed E-state index contributed by atoms with van der Waals surface area (Å²) in [6.07, 6.45) is 10.3. The van der Waals surface area contributed by atoms with Gasteiger partial charge in [0.25, 0.3) is 0 Å². The van der Waals surface area contributed by atoms with Gasteiger partial charge in [0.1, 0.15) is 24.7 Å². The SMILES string of the molecule is COC(=O)c1ccc(N=Cc2ccc(OCCN3CCCCC3)cc2[O-])c(N=Cc2ccc(OCCN3CCCCC3)cc2[O-])c1.[Ni+2]. The smallest absolute Gasteiger partial charge is 0.872 e. The first-order valence-corrected chi connectivity index (χ1v) is 16.1. The largest absolute Gasteiger partial charge is 2.00 e. The normalized spacial score (nSPS) is 15.9. The third-order valence-electron chi connectivity index (χ3n) is 8.30. The van der Waals surface area contributed by atoms with Gasteiger partial charge in [0.2, 0.25) is 0 Å². The topological polar surface area (TPSA) is 122 Å². The molecule has 47 heavy (non-hydrogen) atoms. The molecule has 2 heterocycles. The zero-order valence-electron chi connectivity index (χ0n) is 26.8. The van der Waals surface area contributed by atoms with Gasteiger partial charge in [-0.1, -0.05) is 36.5 Å². The fourth-order valence-corrected chi connectivity index (χ4v) is 5.63. The van der Waals surface area contributed by atoms with E-state index < -0.39 is 5.97 Å². The van der Waals surface area contributed by atoms with Gasteiger partial charge in [-0.3, -0.25) is 19.8 Å². The van der Waals surface area contributed by atoms with Crippen LogP contribution in [0.2, 0.25) is 0 Å². The number of ether oxygens (including phenoxy) is 3. The molecule has 2 saturated heterocycles. The quantitative estimate of drug-likeness (QED) is 0.142. The molecule has 0 bridgehead atoms. The maximum absolute atomic E-state index is 12.8. The van der Waals surface area contributed by atoms with E-state index >= 15 is 0 Å². The van der Waals surface area contributed by atoms with Crippen LogP contribution in [0.3, 0.4) is 0 Å². The van der Waals surface area contributed by atoms with Gasteiger partial charge in [-0.25, -0.2) is 4.79 Å². The average Bonchev–Trinajstić information content (AvgIpc) is 3.08. The first-order valence-electron chi connectivity index (χ1n) is 16.1. The molecule has 10 nitrogen and oxygen atoms in total. The molecule has 0 atom stereocenters. The summed E-state index contributed by atoms with van der Waals surface area (Å²) in [5.74, 6) is 0.0651. The fourth-order valence-electron chi connectivity index (χ4n) is 5.63. The summed E-state index contributed by atoms with van der Waals surface area (Å²) in [5, 5.41) is 25.6. The van der Waals surface area contributed by atoms with Crippen LogP contribution >= 0.6 is 0 Å². The van der Waals surface area contributed by atoms with E-state index in [4.69, 9.17) is 14.2 Å². The minimum atomic E-state index is -0.528. The number of methoxy groups -OCH3 is 1. The average molecular weight is 685 g/mol. The summed E-state index contributed by atoms with van der Waals surface area (Å²) in [5.41, 5.74) is 1.78. The molecular weight excluding hydrogens is 643 g/mol.